The summed E-state index contributed by atoms with van der Waals surface area (Å²) in [6.07, 6.45) is 1.95. The van der Waals surface area contributed by atoms with Crippen LogP contribution in [0.15, 0.2) is 54.6 Å². The Kier molecular flexibility index (Phi) is 4.97. The topological polar surface area (TPSA) is 26.0 Å². The summed E-state index contributed by atoms with van der Waals surface area (Å²) >= 11 is 3.45. The van der Waals surface area contributed by atoms with E-state index in [1.807, 2.05) is 6.07 Å². The van der Waals surface area contributed by atoms with Gasteiger partial charge in [-0.3, -0.25) is 0 Å². The first-order valence-corrected chi connectivity index (χ1v) is 7.36. The molecule has 1 nitrogen and oxygen atoms in total. The van der Waals surface area contributed by atoms with Gasteiger partial charge in [0.25, 0.3) is 0 Å². The Morgan fingerprint density at radius 3 is 2.17 bits per heavy atom. The van der Waals surface area contributed by atoms with Crippen LogP contribution < -0.4 is 5.73 Å². The zero-order valence-electron chi connectivity index (χ0n) is 10.4. The minimum Gasteiger partial charge on any atom is -0.324 e. The van der Waals surface area contributed by atoms with Gasteiger partial charge < -0.3 is 5.73 Å². The van der Waals surface area contributed by atoms with Crippen LogP contribution >= 0.6 is 15.9 Å². The average molecular weight is 304 g/mol. The molecule has 0 spiro atoms. The van der Waals surface area contributed by atoms with E-state index in [0.29, 0.717) is 0 Å². The van der Waals surface area contributed by atoms with Gasteiger partial charge >= 0.3 is 0 Å². The van der Waals surface area contributed by atoms with Crippen molar-refractivity contribution in [2.45, 2.75) is 18.9 Å². The summed E-state index contributed by atoms with van der Waals surface area (Å²) in [5.41, 5.74) is 10.1. The van der Waals surface area contributed by atoms with E-state index in [-0.39, 0.29) is 6.04 Å². The number of aryl methyl sites for hydroxylation is 1. The lowest BCUT2D eigenvalue weighted by Crippen LogP contribution is -2.13. The standard InChI is InChI=1S/C16H18BrN/c17-11-10-13-6-8-15(9-7-13)16(18)12-14-4-2-1-3-5-14/h1-9,16H,10-12,18H2/t16-/m1/s1. The molecule has 2 N–H and O–H groups in total. The summed E-state index contributed by atoms with van der Waals surface area (Å²) < 4.78 is 0. The summed E-state index contributed by atoms with van der Waals surface area (Å²) in [5.74, 6) is 0. The van der Waals surface area contributed by atoms with Gasteiger partial charge in [0.2, 0.25) is 0 Å². The molecule has 2 heteroatoms. The molecule has 0 heterocycles. The lowest BCUT2D eigenvalue weighted by atomic mass is 9.98. The van der Waals surface area contributed by atoms with Gasteiger partial charge in [0, 0.05) is 11.4 Å². The zero-order chi connectivity index (χ0) is 12.8. The van der Waals surface area contributed by atoms with Gasteiger partial charge in [-0.2, -0.15) is 0 Å². The molecule has 0 aliphatic carbocycles. The lowest BCUT2D eigenvalue weighted by Gasteiger charge is -2.12. The van der Waals surface area contributed by atoms with Crippen molar-refractivity contribution >= 4 is 15.9 Å². The molecule has 94 valence electrons. The molecule has 0 fully saturated rings. The Labute approximate surface area is 117 Å². The Balaban J connectivity index is 2.02. The van der Waals surface area contributed by atoms with E-state index in [0.717, 1.165) is 18.2 Å². The zero-order valence-corrected chi connectivity index (χ0v) is 11.9. The monoisotopic (exact) mass is 303 g/mol. The molecule has 0 aliphatic rings. The van der Waals surface area contributed by atoms with Gasteiger partial charge in [-0.15, -0.1) is 0 Å². The summed E-state index contributed by atoms with van der Waals surface area (Å²) in [6, 6.07) is 19.1. The third-order valence-electron chi connectivity index (χ3n) is 3.09. The number of benzene rings is 2. The summed E-state index contributed by atoms with van der Waals surface area (Å²) in [7, 11) is 0. The van der Waals surface area contributed by atoms with Gasteiger partial charge in [0.1, 0.15) is 0 Å². The van der Waals surface area contributed by atoms with Crippen LogP contribution in [0.5, 0.6) is 0 Å². The molecule has 0 amide bonds. The van der Waals surface area contributed by atoms with Crippen LogP contribution in [0.25, 0.3) is 0 Å². The third kappa shape index (κ3) is 3.69. The molecule has 2 aromatic rings. The number of halogens is 1. The van der Waals surface area contributed by atoms with Gasteiger partial charge in [-0.25, -0.2) is 0 Å². The van der Waals surface area contributed by atoms with Crippen LogP contribution in [0.4, 0.5) is 0 Å². The van der Waals surface area contributed by atoms with Crippen molar-refractivity contribution in [3.8, 4) is 0 Å². The fourth-order valence-electron chi connectivity index (χ4n) is 2.03. The predicted molar refractivity (Wildman–Crippen MR) is 81.0 cm³/mol. The first-order valence-electron chi connectivity index (χ1n) is 6.24. The SMILES string of the molecule is N[C@H](Cc1ccccc1)c1ccc(CCBr)cc1. The highest BCUT2D eigenvalue weighted by Gasteiger charge is 2.06. The molecule has 0 saturated heterocycles. The molecule has 0 aromatic heterocycles. The van der Waals surface area contributed by atoms with E-state index < -0.39 is 0 Å². The van der Waals surface area contributed by atoms with E-state index in [2.05, 4.69) is 64.5 Å². The van der Waals surface area contributed by atoms with Gasteiger partial charge in [-0.05, 0) is 29.5 Å². The van der Waals surface area contributed by atoms with E-state index in [4.69, 9.17) is 5.73 Å². The summed E-state index contributed by atoms with van der Waals surface area (Å²) in [6.45, 7) is 0. The first-order chi connectivity index (χ1) is 8.79. The minimum absolute atomic E-state index is 0.0745. The fraction of sp³-hybridized carbons (Fsp3) is 0.250. The summed E-state index contributed by atoms with van der Waals surface area (Å²) in [4.78, 5) is 0. The maximum Gasteiger partial charge on any atom is 0.0335 e. The first kappa shape index (κ1) is 13.3. The number of nitrogens with two attached hydrogens (primary N) is 1. The van der Waals surface area contributed by atoms with Crippen molar-refractivity contribution in [3.05, 3.63) is 71.3 Å². The van der Waals surface area contributed by atoms with Crippen LogP contribution in [-0.2, 0) is 12.8 Å². The van der Waals surface area contributed by atoms with Crippen molar-refractivity contribution in [1.29, 1.82) is 0 Å². The second-order valence-electron chi connectivity index (χ2n) is 4.48. The van der Waals surface area contributed by atoms with E-state index in [1.54, 1.807) is 0 Å². The van der Waals surface area contributed by atoms with Crippen LogP contribution in [0.2, 0.25) is 0 Å². The molecule has 0 aliphatic heterocycles. The van der Waals surface area contributed by atoms with Crippen LogP contribution in [0, 0.1) is 0 Å². The Hall–Kier alpha value is -1.12. The molecule has 2 aromatic carbocycles. The Morgan fingerprint density at radius 1 is 0.889 bits per heavy atom. The van der Waals surface area contributed by atoms with Gasteiger partial charge in [0.15, 0.2) is 0 Å². The highest BCUT2D eigenvalue weighted by molar-refractivity contribution is 9.09. The third-order valence-corrected chi connectivity index (χ3v) is 3.49. The molecule has 0 bridgehead atoms. The van der Waals surface area contributed by atoms with Crippen LogP contribution in [0.3, 0.4) is 0 Å². The molecule has 18 heavy (non-hydrogen) atoms. The largest absolute Gasteiger partial charge is 0.324 e. The van der Waals surface area contributed by atoms with E-state index in [9.17, 15) is 0 Å². The molecule has 1 atom stereocenters. The van der Waals surface area contributed by atoms with Crippen molar-refractivity contribution in [3.63, 3.8) is 0 Å². The van der Waals surface area contributed by atoms with Crippen molar-refractivity contribution in [2.24, 2.45) is 5.73 Å². The van der Waals surface area contributed by atoms with Crippen molar-refractivity contribution in [1.82, 2.24) is 0 Å². The number of hydrogen-bond acceptors (Lipinski definition) is 1. The normalized spacial score (nSPS) is 12.3. The Morgan fingerprint density at radius 2 is 1.56 bits per heavy atom. The second-order valence-corrected chi connectivity index (χ2v) is 5.27. The molecular weight excluding hydrogens is 286 g/mol. The maximum absolute atomic E-state index is 6.24. The van der Waals surface area contributed by atoms with E-state index >= 15 is 0 Å². The average Bonchev–Trinajstić information content (AvgIpc) is 2.41. The Bertz CT molecular complexity index is 464. The predicted octanol–water partition coefficient (Wildman–Crippen LogP) is 3.87. The maximum atomic E-state index is 6.24. The van der Waals surface area contributed by atoms with E-state index in [1.165, 1.54) is 16.7 Å². The lowest BCUT2D eigenvalue weighted by molar-refractivity contribution is 0.721. The molecular formula is C16H18BrN. The fourth-order valence-corrected chi connectivity index (χ4v) is 2.48. The molecule has 0 saturated carbocycles. The number of hydrogen-bond donors (Lipinski definition) is 1. The highest BCUT2D eigenvalue weighted by Crippen LogP contribution is 2.17. The second kappa shape index (κ2) is 6.72. The smallest absolute Gasteiger partial charge is 0.0335 e. The van der Waals surface area contributed by atoms with Gasteiger partial charge in [-0.1, -0.05) is 70.5 Å². The molecule has 0 unspecified atom stereocenters. The number of alkyl halides is 1. The van der Waals surface area contributed by atoms with Gasteiger partial charge in [0.05, 0.1) is 0 Å². The number of rotatable bonds is 5. The summed E-state index contributed by atoms with van der Waals surface area (Å²) in [5, 5.41) is 1.00. The van der Waals surface area contributed by atoms with Crippen molar-refractivity contribution in [2.75, 3.05) is 5.33 Å². The molecule has 2 rings (SSSR count). The van der Waals surface area contributed by atoms with Crippen LogP contribution in [-0.4, -0.2) is 5.33 Å². The van der Waals surface area contributed by atoms with Crippen molar-refractivity contribution < 1.29 is 0 Å². The highest BCUT2D eigenvalue weighted by atomic mass is 79.9. The quantitative estimate of drug-likeness (QED) is 0.834. The van der Waals surface area contributed by atoms with Crippen LogP contribution in [0.1, 0.15) is 22.7 Å². The minimum atomic E-state index is 0.0745. The molecule has 0 radical (unpaired) electrons.